The first kappa shape index (κ1) is 20.8. The maximum Gasteiger partial charge on any atom is 0.291 e. The summed E-state index contributed by atoms with van der Waals surface area (Å²) in [6.45, 7) is 1.81. The van der Waals surface area contributed by atoms with Crippen molar-refractivity contribution in [2.24, 2.45) is 0 Å². The molecule has 9 heteroatoms. The average Bonchev–Trinajstić information content (AvgIpc) is 3.20. The molecule has 0 aliphatic carbocycles. The second-order valence-electron chi connectivity index (χ2n) is 7.58. The lowest BCUT2D eigenvalue weighted by Crippen LogP contribution is -2.49. The van der Waals surface area contributed by atoms with Crippen LogP contribution in [0.3, 0.4) is 0 Å². The summed E-state index contributed by atoms with van der Waals surface area (Å²) >= 11 is 16.1. The highest BCUT2D eigenvalue weighted by molar-refractivity contribution is 9.10. The van der Waals surface area contributed by atoms with Gasteiger partial charge in [0.2, 0.25) is 0 Å². The summed E-state index contributed by atoms with van der Waals surface area (Å²) in [6.07, 6.45) is 3.18. The van der Waals surface area contributed by atoms with Gasteiger partial charge in [-0.1, -0.05) is 45.6 Å². The van der Waals surface area contributed by atoms with Gasteiger partial charge in [-0.05, 0) is 49.2 Å². The second kappa shape index (κ2) is 8.47. The van der Waals surface area contributed by atoms with Crippen LogP contribution in [0.2, 0.25) is 10.0 Å². The molecule has 1 aromatic heterocycles. The van der Waals surface area contributed by atoms with Crippen LogP contribution in [0, 0.1) is 0 Å². The zero-order valence-electron chi connectivity index (χ0n) is 16.5. The third-order valence-corrected chi connectivity index (χ3v) is 6.63. The number of piperidine rings is 1. The van der Waals surface area contributed by atoms with Crippen molar-refractivity contribution in [3.63, 3.8) is 0 Å². The first-order valence-electron chi connectivity index (χ1n) is 10.1. The molecule has 1 N–H and O–H groups in total. The van der Waals surface area contributed by atoms with E-state index in [1.54, 1.807) is 23.2 Å². The normalized spacial score (nSPS) is 15.7. The molecule has 0 bridgehead atoms. The number of aromatic nitrogens is 2. The Labute approximate surface area is 198 Å². The number of hydrazine groups is 1. The van der Waals surface area contributed by atoms with E-state index in [9.17, 15) is 4.79 Å². The van der Waals surface area contributed by atoms with Crippen molar-refractivity contribution in [3.8, 4) is 17.0 Å². The summed E-state index contributed by atoms with van der Waals surface area (Å²) < 4.78 is 6.86. The number of aromatic amines is 1. The molecule has 2 aliphatic heterocycles. The third-order valence-electron chi connectivity index (χ3n) is 5.60. The summed E-state index contributed by atoms with van der Waals surface area (Å²) in [7, 11) is 0. The lowest BCUT2D eigenvalue weighted by Gasteiger charge is -2.37. The summed E-state index contributed by atoms with van der Waals surface area (Å²) in [4.78, 5) is 13.8. The lowest BCUT2D eigenvalue weighted by atomic mass is 10.0. The zero-order chi connectivity index (χ0) is 21.5. The number of fused-ring (bicyclic) bond motifs is 3. The molecule has 2 aromatic carbocycles. The van der Waals surface area contributed by atoms with Crippen LogP contribution in [0.1, 0.15) is 35.3 Å². The van der Waals surface area contributed by atoms with Crippen LogP contribution in [0.25, 0.3) is 11.3 Å². The van der Waals surface area contributed by atoms with E-state index in [0.717, 1.165) is 59.4 Å². The van der Waals surface area contributed by atoms with Gasteiger partial charge in [0, 0.05) is 33.7 Å². The first-order chi connectivity index (χ1) is 15.0. The molecule has 31 heavy (non-hydrogen) atoms. The molecule has 0 spiro atoms. The highest BCUT2D eigenvalue weighted by atomic mass is 79.9. The van der Waals surface area contributed by atoms with Gasteiger partial charge in [-0.2, -0.15) is 5.10 Å². The van der Waals surface area contributed by atoms with E-state index in [0.29, 0.717) is 21.4 Å². The van der Waals surface area contributed by atoms with Crippen LogP contribution in [-0.2, 0) is 6.61 Å². The minimum atomic E-state index is -0.218. The average molecular weight is 522 g/mol. The van der Waals surface area contributed by atoms with Crippen LogP contribution in [-0.4, -0.2) is 34.2 Å². The van der Waals surface area contributed by atoms with E-state index in [1.807, 2.05) is 23.2 Å². The number of benzene rings is 2. The summed E-state index contributed by atoms with van der Waals surface area (Å²) in [6, 6.07) is 11.0. The molecule has 160 valence electrons. The third kappa shape index (κ3) is 3.84. The van der Waals surface area contributed by atoms with E-state index in [4.69, 9.17) is 27.9 Å². The predicted molar refractivity (Wildman–Crippen MR) is 125 cm³/mol. The number of anilines is 1. The number of rotatable bonds is 3. The van der Waals surface area contributed by atoms with Gasteiger partial charge in [0.15, 0.2) is 0 Å². The topological polar surface area (TPSA) is 61.5 Å². The van der Waals surface area contributed by atoms with Crippen molar-refractivity contribution in [2.45, 2.75) is 25.9 Å². The van der Waals surface area contributed by atoms with Crippen LogP contribution in [0.15, 0.2) is 40.9 Å². The molecule has 3 heterocycles. The van der Waals surface area contributed by atoms with Crippen molar-refractivity contribution in [2.75, 3.05) is 18.1 Å². The second-order valence-corrected chi connectivity index (χ2v) is 9.34. The van der Waals surface area contributed by atoms with Gasteiger partial charge in [0.1, 0.15) is 23.7 Å². The zero-order valence-corrected chi connectivity index (χ0v) is 19.6. The molecule has 1 fully saturated rings. The number of halogens is 3. The standard InChI is InChI=1S/C22H19BrCl2N4O2/c23-13-4-6-15-19(10-13)31-12-16-20(15)26-27-21(16)22(30)29(28-8-2-1-3-9-28)18-7-5-14(24)11-17(18)25/h4-7,10-11H,1-3,8-9,12H2,(H,26,27). The number of carbonyl (C=O) groups excluding carboxylic acids is 1. The molecule has 0 atom stereocenters. The SMILES string of the molecule is O=C(c1[nH]nc2c1COc1cc(Br)ccc1-2)N(c1ccc(Cl)cc1Cl)N1CCCCC1. The highest BCUT2D eigenvalue weighted by Crippen LogP contribution is 2.40. The Bertz CT molecular complexity index is 1160. The Hall–Kier alpha value is -2.06. The van der Waals surface area contributed by atoms with Crippen LogP contribution < -0.4 is 9.75 Å². The number of nitrogens with one attached hydrogen (secondary N) is 1. The van der Waals surface area contributed by atoms with Gasteiger partial charge in [-0.25, -0.2) is 10.0 Å². The number of hydrogen-bond acceptors (Lipinski definition) is 4. The van der Waals surface area contributed by atoms with Crippen LogP contribution in [0.5, 0.6) is 5.75 Å². The molecular formula is C22H19BrCl2N4O2. The van der Waals surface area contributed by atoms with Gasteiger partial charge in [0.05, 0.1) is 10.7 Å². The number of carbonyl (C=O) groups is 1. The van der Waals surface area contributed by atoms with E-state index in [2.05, 4.69) is 26.1 Å². The fraction of sp³-hybridized carbons (Fsp3) is 0.273. The number of ether oxygens (including phenoxy) is 1. The van der Waals surface area contributed by atoms with Gasteiger partial charge in [-0.15, -0.1) is 0 Å². The van der Waals surface area contributed by atoms with E-state index in [1.165, 1.54) is 0 Å². The highest BCUT2D eigenvalue weighted by Gasteiger charge is 2.33. The fourth-order valence-electron chi connectivity index (χ4n) is 4.09. The van der Waals surface area contributed by atoms with E-state index < -0.39 is 0 Å². The minimum Gasteiger partial charge on any atom is -0.488 e. The molecule has 1 saturated heterocycles. The molecule has 2 aliphatic rings. The fourth-order valence-corrected chi connectivity index (χ4v) is 4.92. The maximum absolute atomic E-state index is 13.8. The quantitative estimate of drug-likeness (QED) is 0.453. The van der Waals surface area contributed by atoms with Gasteiger partial charge < -0.3 is 4.74 Å². The number of hydrogen-bond donors (Lipinski definition) is 1. The van der Waals surface area contributed by atoms with Crippen LogP contribution in [0.4, 0.5) is 5.69 Å². The Kier molecular flexibility index (Phi) is 5.69. The molecular weight excluding hydrogens is 503 g/mol. The predicted octanol–water partition coefficient (Wildman–Crippen LogP) is 6.09. The maximum atomic E-state index is 13.8. The summed E-state index contributed by atoms with van der Waals surface area (Å²) in [5.41, 5.74) is 3.33. The Balaban J connectivity index is 1.57. The summed E-state index contributed by atoms with van der Waals surface area (Å²) in [5.74, 6) is 0.519. The van der Waals surface area contributed by atoms with Crippen molar-refractivity contribution >= 4 is 50.7 Å². The molecule has 5 rings (SSSR count). The number of amides is 1. The molecule has 6 nitrogen and oxygen atoms in total. The molecule has 0 radical (unpaired) electrons. The Morgan fingerprint density at radius 3 is 2.71 bits per heavy atom. The van der Waals surface area contributed by atoms with Crippen LogP contribution >= 0.6 is 39.1 Å². The molecule has 0 unspecified atom stereocenters. The molecule has 0 saturated carbocycles. The molecule has 3 aromatic rings. The van der Waals surface area contributed by atoms with Gasteiger partial charge in [-0.3, -0.25) is 9.89 Å². The first-order valence-corrected chi connectivity index (χ1v) is 11.6. The van der Waals surface area contributed by atoms with Gasteiger partial charge in [0.25, 0.3) is 5.91 Å². The van der Waals surface area contributed by atoms with Crippen molar-refractivity contribution < 1.29 is 9.53 Å². The summed E-state index contributed by atoms with van der Waals surface area (Å²) in [5, 5.41) is 12.1. The Morgan fingerprint density at radius 2 is 1.94 bits per heavy atom. The van der Waals surface area contributed by atoms with Crippen molar-refractivity contribution in [3.05, 3.63) is 62.2 Å². The van der Waals surface area contributed by atoms with Crippen molar-refractivity contribution in [1.29, 1.82) is 0 Å². The number of nitrogens with zero attached hydrogens (tertiary/aromatic N) is 3. The van der Waals surface area contributed by atoms with Gasteiger partial charge >= 0.3 is 0 Å². The molecule has 1 amide bonds. The van der Waals surface area contributed by atoms with E-state index >= 15 is 0 Å². The number of H-pyrrole nitrogens is 1. The smallest absolute Gasteiger partial charge is 0.291 e. The lowest BCUT2D eigenvalue weighted by molar-refractivity contribution is 0.0865. The minimum absolute atomic E-state index is 0.218. The monoisotopic (exact) mass is 520 g/mol. The Morgan fingerprint density at radius 1 is 1.13 bits per heavy atom. The van der Waals surface area contributed by atoms with E-state index in [-0.39, 0.29) is 12.5 Å². The van der Waals surface area contributed by atoms with Crippen molar-refractivity contribution in [1.82, 2.24) is 15.2 Å². The largest absolute Gasteiger partial charge is 0.488 e.